The van der Waals surface area contributed by atoms with Crippen molar-refractivity contribution in [3.05, 3.63) is 69.4 Å². The molecule has 5 rings (SSSR count). The van der Waals surface area contributed by atoms with Gasteiger partial charge in [-0.15, -0.1) is 0 Å². The van der Waals surface area contributed by atoms with Crippen LogP contribution in [0.5, 0.6) is 0 Å². The number of rotatable bonds is 2. The second kappa shape index (κ2) is 7.43. The van der Waals surface area contributed by atoms with E-state index in [2.05, 4.69) is 12.1 Å². The largest absolute Gasteiger partial charge is 0.338 e. The molecule has 4 nitrogen and oxygen atoms in total. The van der Waals surface area contributed by atoms with Crippen LogP contribution in [-0.4, -0.2) is 28.5 Å². The molecule has 5 heteroatoms. The third-order valence-corrected chi connectivity index (χ3v) is 7.06. The maximum Gasteiger partial charge on any atom is 0.254 e. The van der Waals surface area contributed by atoms with Gasteiger partial charge in [-0.1, -0.05) is 25.3 Å². The molecule has 3 aliphatic rings. The number of carbonyl (C=O) groups is 1. The Morgan fingerprint density at radius 2 is 1.66 bits per heavy atom. The lowest BCUT2D eigenvalue weighted by molar-refractivity contribution is 0.0594. The van der Waals surface area contributed by atoms with Gasteiger partial charge in [-0.3, -0.25) is 9.59 Å². The van der Waals surface area contributed by atoms with Crippen molar-refractivity contribution in [3.63, 3.8) is 0 Å². The number of nitrogens with zero attached hydrogens (tertiary/aromatic N) is 2. The Morgan fingerprint density at radius 3 is 2.41 bits per heavy atom. The number of amides is 1. The topological polar surface area (TPSA) is 42.3 Å². The van der Waals surface area contributed by atoms with Crippen molar-refractivity contribution in [3.8, 4) is 0 Å². The van der Waals surface area contributed by atoms with E-state index in [4.69, 9.17) is 0 Å². The summed E-state index contributed by atoms with van der Waals surface area (Å²) in [5.41, 5.74) is 2.79. The average Bonchev–Trinajstić information content (AvgIpc) is 2.75. The lowest BCUT2D eigenvalue weighted by Crippen LogP contribution is -2.49. The van der Waals surface area contributed by atoms with Crippen molar-refractivity contribution in [2.24, 2.45) is 5.92 Å². The van der Waals surface area contributed by atoms with E-state index in [1.54, 1.807) is 12.1 Å². The van der Waals surface area contributed by atoms with Gasteiger partial charge in [0.05, 0.1) is 0 Å². The molecular weight excluding hydrogens is 367 g/mol. The van der Waals surface area contributed by atoms with Crippen LogP contribution >= 0.6 is 0 Å². The fourth-order valence-corrected chi connectivity index (χ4v) is 5.63. The highest BCUT2D eigenvalue weighted by Crippen LogP contribution is 2.37. The lowest BCUT2D eigenvalue weighted by atomic mass is 9.81. The van der Waals surface area contributed by atoms with Crippen molar-refractivity contribution in [2.75, 3.05) is 13.1 Å². The number of hydrogen-bond acceptors (Lipinski definition) is 2. The van der Waals surface area contributed by atoms with E-state index >= 15 is 0 Å². The molecule has 2 fully saturated rings. The number of carbonyl (C=O) groups excluding carboxylic acids is 1. The molecule has 2 aromatic rings. The molecule has 29 heavy (non-hydrogen) atoms. The number of benzene rings is 1. The molecule has 1 aromatic heterocycles. The summed E-state index contributed by atoms with van der Waals surface area (Å²) in [4.78, 5) is 28.1. The van der Waals surface area contributed by atoms with Crippen molar-refractivity contribution in [1.82, 2.24) is 9.47 Å². The second-order valence-electron chi connectivity index (χ2n) is 8.98. The Hall–Kier alpha value is -2.43. The van der Waals surface area contributed by atoms with E-state index in [0.717, 1.165) is 30.5 Å². The summed E-state index contributed by atoms with van der Waals surface area (Å²) in [5, 5.41) is 0. The maximum atomic E-state index is 13.3. The van der Waals surface area contributed by atoms with Crippen LogP contribution < -0.4 is 5.56 Å². The van der Waals surface area contributed by atoms with Gasteiger partial charge in [0.25, 0.3) is 11.5 Å². The third-order valence-electron chi connectivity index (χ3n) is 7.06. The number of pyridine rings is 1. The molecule has 1 saturated heterocycles. The van der Waals surface area contributed by atoms with Crippen molar-refractivity contribution >= 4 is 5.91 Å². The van der Waals surface area contributed by atoms with Gasteiger partial charge in [0.15, 0.2) is 0 Å². The van der Waals surface area contributed by atoms with Crippen LogP contribution in [0.25, 0.3) is 0 Å². The van der Waals surface area contributed by atoms with Crippen molar-refractivity contribution in [2.45, 2.75) is 56.9 Å². The number of hydrogen-bond donors (Lipinski definition) is 0. The molecule has 1 amide bonds. The standard InChI is InChI=1S/C24H27FN2O2/c25-20-8-6-18(7-9-20)23(28)26-13-16-12-19(15-26)22-11-10-21(24(29)27(22)14-16)17-4-2-1-3-5-17/h6-11,16-17,19H,1-5,12-15H2. The Bertz CT molecular complexity index is 975. The fourth-order valence-electron chi connectivity index (χ4n) is 5.63. The van der Waals surface area contributed by atoms with Gasteiger partial charge in [0.2, 0.25) is 0 Å². The van der Waals surface area contributed by atoms with E-state index in [0.29, 0.717) is 37.0 Å². The quantitative estimate of drug-likeness (QED) is 0.762. The zero-order chi connectivity index (χ0) is 20.0. The average molecular weight is 394 g/mol. The van der Waals surface area contributed by atoms with Crippen LogP contribution in [0.4, 0.5) is 4.39 Å². The summed E-state index contributed by atoms with van der Waals surface area (Å²) in [7, 11) is 0. The minimum Gasteiger partial charge on any atom is -0.338 e. The molecule has 0 spiro atoms. The van der Waals surface area contributed by atoms with Crippen LogP contribution in [0.1, 0.15) is 72.0 Å². The molecular formula is C24H27FN2O2. The summed E-state index contributed by atoms with van der Waals surface area (Å²) in [5.74, 6) is 0.519. The first-order chi connectivity index (χ1) is 14.1. The van der Waals surface area contributed by atoms with Gasteiger partial charge >= 0.3 is 0 Å². The fraction of sp³-hybridized carbons (Fsp3) is 0.500. The minimum absolute atomic E-state index is 0.0469. The second-order valence-corrected chi connectivity index (χ2v) is 8.98. The van der Waals surface area contributed by atoms with Crippen LogP contribution in [0.2, 0.25) is 0 Å². The van der Waals surface area contributed by atoms with E-state index < -0.39 is 0 Å². The molecule has 1 aromatic carbocycles. The summed E-state index contributed by atoms with van der Waals surface area (Å²) in [6.45, 7) is 1.97. The lowest BCUT2D eigenvalue weighted by Gasteiger charge is -2.43. The first kappa shape index (κ1) is 18.6. The third kappa shape index (κ3) is 3.41. The van der Waals surface area contributed by atoms with Crippen molar-refractivity contribution in [1.29, 1.82) is 0 Å². The van der Waals surface area contributed by atoms with Gasteiger partial charge in [0, 0.05) is 42.4 Å². The Kier molecular flexibility index (Phi) is 4.76. The predicted octanol–water partition coefficient (Wildman–Crippen LogP) is 4.29. The van der Waals surface area contributed by atoms with Crippen LogP contribution in [-0.2, 0) is 6.54 Å². The first-order valence-electron chi connectivity index (χ1n) is 10.9. The zero-order valence-electron chi connectivity index (χ0n) is 16.6. The molecule has 2 unspecified atom stereocenters. The van der Waals surface area contributed by atoms with E-state index in [1.165, 1.54) is 31.4 Å². The molecule has 152 valence electrons. The summed E-state index contributed by atoms with van der Waals surface area (Å²) < 4.78 is 15.2. The molecule has 2 aliphatic heterocycles. The monoisotopic (exact) mass is 394 g/mol. The minimum atomic E-state index is -0.334. The van der Waals surface area contributed by atoms with E-state index in [9.17, 15) is 14.0 Å². The molecule has 3 heterocycles. The number of fused-ring (bicyclic) bond motifs is 4. The highest BCUT2D eigenvalue weighted by Gasteiger charge is 2.37. The smallest absolute Gasteiger partial charge is 0.254 e. The van der Waals surface area contributed by atoms with E-state index in [-0.39, 0.29) is 23.2 Å². The predicted molar refractivity (Wildman–Crippen MR) is 110 cm³/mol. The zero-order valence-corrected chi connectivity index (χ0v) is 16.6. The summed E-state index contributed by atoms with van der Waals surface area (Å²) in [6, 6.07) is 9.97. The van der Waals surface area contributed by atoms with Gasteiger partial charge in [0.1, 0.15) is 5.82 Å². The van der Waals surface area contributed by atoms with Crippen molar-refractivity contribution < 1.29 is 9.18 Å². The molecule has 1 saturated carbocycles. The highest BCUT2D eigenvalue weighted by atomic mass is 19.1. The van der Waals surface area contributed by atoms with Crippen LogP contribution in [0.15, 0.2) is 41.2 Å². The van der Waals surface area contributed by atoms with Crippen LogP contribution in [0, 0.1) is 11.7 Å². The number of piperidine rings is 1. The maximum absolute atomic E-state index is 13.3. The first-order valence-corrected chi connectivity index (χ1v) is 10.9. The van der Waals surface area contributed by atoms with Gasteiger partial charge in [-0.05, 0) is 61.4 Å². The molecule has 0 radical (unpaired) electrons. The summed E-state index contributed by atoms with van der Waals surface area (Å²) >= 11 is 0. The van der Waals surface area contributed by atoms with Crippen LogP contribution in [0.3, 0.4) is 0 Å². The molecule has 0 N–H and O–H groups in total. The molecule has 2 atom stereocenters. The number of likely N-dealkylation sites (tertiary alicyclic amines) is 1. The molecule has 2 bridgehead atoms. The Balaban J connectivity index is 1.41. The highest BCUT2D eigenvalue weighted by molar-refractivity contribution is 5.94. The summed E-state index contributed by atoms with van der Waals surface area (Å²) in [6.07, 6.45) is 7.00. The number of halogens is 1. The van der Waals surface area contributed by atoms with Gasteiger partial charge in [-0.2, -0.15) is 0 Å². The van der Waals surface area contributed by atoms with E-state index in [1.807, 2.05) is 9.47 Å². The molecule has 1 aliphatic carbocycles. The van der Waals surface area contributed by atoms with Gasteiger partial charge in [-0.25, -0.2) is 4.39 Å². The SMILES string of the molecule is O=C(c1ccc(F)cc1)N1CC2CC(C1)c1ccc(C3CCCCC3)c(=O)n1C2. The van der Waals surface area contributed by atoms with Gasteiger partial charge < -0.3 is 9.47 Å². The number of aromatic nitrogens is 1. The normalized spacial score (nSPS) is 24.2. The Morgan fingerprint density at radius 1 is 0.897 bits per heavy atom. The Labute approximate surface area is 170 Å².